The number of methoxy groups -OCH3 is 1. The number of rotatable bonds is 10. The fourth-order valence-corrected chi connectivity index (χ4v) is 2.33. The first-order chi connectivity index (χ1) is 10.2. The Morgan fingerprint density at radius 2 is 1.95 bits per heavy atom. The highest BCUT2D eigenvalue weighted by Gasteiger charge is 2.19. The molecule has 0 aliphatic rings. The summed E-state index contributed by atoms with van der Waals surface area (Å²) in [5.41, 5.74) is 1.21. The molecule has 4 nitrogen and oxygen atoms in total. The van der Waals surface area contributed by atoms with Crippen LogP contribution in [0.15, 0.2) is 30.3 Å². The number of carbonyl (C=O) groups is 1. The molecule has 0 heterocycles. The second kappa shape index (κ2) is 10.2. The van der Waals surface area contributed by atoms with Crippen molar-refractivity contribution in [2.24, 2.45) is 0 Å². The molecule has 0 radical (unpaired) electrons. The number of anilines is 1. The van der Waals surface area contributed by atoms with Gasteiger partial charge in [-0.2, -0.15) is 0 Å². The van der Waals surface area contributed by atoms with E-state index < -0.39 is 0 Å². The Labute approximate surface area is 128 Å². The molecule has 0 bridgehead atoms. The Morgan fingerprint density at radius 1 is 1.24 bits per heavy atom. The third kappa shape index (κ3) is 6.17. The van der Waals surface area contributed by atoms with E-state index in [1.165, 1.54) is 12.8 Å². The average Bonchev–Trinajstić information content (AvgIpc) is 2.54. The molecule has 1 rings (SSSR count). The van der Waals surface area contributed by atoms with Gasteiger partial charge in [-0.3, -0.25) is 4.79 Å². The molecule has 1 atom stereocenters. The molecule has 0 saturated carbocycles. The number of esters is 1. The van der Waals surface area contributed by atoms with Crippen molar-refractivity contribution >= 4 is 11.7 Å². The number of carbonyl (C=O) groups excluding carboxylic acids is 1. The third-order valence-electron chi connectivity index (χ3n) is 3.53. The molecule has 21 heavy (non-hydrogen) atoms. The van der Waals surface area contributed by atoms with Gasteiger partial charge in [-0.1, -0.05) is 38.5 Å². The van der Waals surface area contributed by atoms with Gasteiger partial charge in [0.2, 0.25) is 0 Å². The molecule has 0 aliphatic heterocycles. The molecule has 0 aliphatic carbocycles. The Morgan fingerprint density at radius 3 is 2.52 bits per heavy atom. The molecule has 118 valence electrons. The minimum atomic E-state index is -0.229. The maximum absolute atomic E-state index is 11.8. The number of benzene rings is 1. The molecule has 0 saturated heterocycles. The van der Waals surface area contributed by atoms with Gasteiger partial charge in [-0.15, -0.1) is 0 Å². The molecule has 1 aromatic carbocycles. The molecule has 0 spiro atoms. The first kappa shape index (κ1) is 17.5. The summed E-state index contributed by atoms with van der Waals surface area (Å²) < 4.78 is 4.86. The van der Waals surface area contributed by atoms with Gasteiger partial charge >= 0.3 is 5.97 Å². The minimum absolute atomic E-state index is 0.180. The van der Waals surface area contributed by atoms with Crippen LogP contribution in [-0.4, -0.2) is 38.8 Å². The van der Waals surface area contributed by atoms with Gasteiger partial charge in [-0.05, 0) is 31.5 Å². The van der Waals surface area contributed by atoms with E-state index in [2.05, 4.69) is 41.4 Å². The largest absolute Gasteiger partial charge is 0.468 e. The zero-order valence-electron chi connectivity index (χ0n) is 13.5. The van der Waals surface area contributed by atoms with Crippen LogP contribution in [0, 0.1) is 0 Å². The fraction of sp³-hybridized carbons (Fsp3) is 0.588. The van der Waals surface area contributed by atoms with Crippen LogP contribution in [-0.2, 0) is 9.53 Å². The first-order valence-electron chi connectivity index (χ1n) is 7.84. The molecule has 0 amide bonds. The summed E-state index contributed by atoms with van der Waals surface area (Å²) in [7, 11) is 1.44. The molecule has 1 N–H and O–H groups in total. The van der Waals surface area contributed by atoms with E-state index in [1.54, 1.807) is 0 Å². The highest BCUT2D eigenvalue weighted by Crippen LogP contribution is 2.15. The summed E-state index contributed by atoms with van der Waals surface area (Å²) in [5.74, 6) is -0.180. The average molecular weight is 292 g/mol. The van der Waals surface area contributed by atoms with Gasteiger partial charge < -0.3 is 15.0 Å². The standard InChI is InChI=1S/C17H28N2O2/c1-4-6-13-19(15-10-8-7-9-11-15)14-12-16(18-5-2)17(20)21-3/h7-11,16,18H,4-6,12-14H2,1-3H3. The molecule has 0 fully saturated rings. The van der Waals surface area contributed by atoms with Crippen LogP contribution in [0.2, 0.25) is 0 Å². The number of ether oxygens (including phenoxy) is 1. The smallest absolute Gasteiger partial charge is 0.322 e. The monoisotopic (exact) mass is 292 g/mol. The number of nitrogens with zero attached hydrogens (tertiary/aromatic N) is 1. The van der Waals surface area contributed by atoms with Gasteiger partial charge in [0.1, 0.15) is 6.04 Å². The van der Waals surface area contributed by atoms with Crippen molar-refractivity contribution in [3.63, 3.8) is 0 Å². The van der Waals surface area contributed by atoms with E-state index in [0.717, 1.165) is 38.9 Å². The van der Waals surface area contributed by atoms with Crippen LogP contribution in [0.5, 0.6) is 0 Å². The van der Waals surface area contributed by atoms with Gasteiger partial charge in [0.15, 0.2) is 0 Å². The van der Waals surface area contributed by atoms with Crippen LogP contribution in [0.1, 0.15) is 33.1 Å². The van der Waals surface area contributed by atoms with Gasteiger partial charge in [0.25, 0.3) is 0 Å². The van der Waals surface area contributed by atoms with E-state index in [-0.39, 0.29) is 12.0 Å². The summed E-state index contributed by atoms with van der Waals surface area (Å²) in [6, 6.07) is 10.1. The van der Waals surface area contributed by atoms with E-state index in [9.17, 15) is 4.79 Å². The molecule has 1 aromatic rings. The van der Waals surface area contributed by atoms with E-state index in [4.69, 9.17) is 4.74 Å². The lowest BCUT2D eigenvalue weighted by atomic mass is 10.1. The Balaban J connectivity index is 2.65. The van der Waals surface area contributed by atoms with Crippen molar-refractivity contribution in [1.29, 1.82) is 0 Å². The van der Waals surface area contributed by atoms with Crippen LogP contribution >= 0.6 is 0 Å². The first-order valence-corrected chi connectivity index (χ1v) is 7.84. The van der Waals surface area contributed by atoms with Crippen molar-refractivity contribution in [3.8, 4) is 0 Å². The lowest BCUT2D eigenvalue weighted by molar-refractivity contribution is -0.143. The maximum Gasteiger partial charge on any atom is 0.322 e. The predicted octanol–water partition coefficient (Wildman–Crippen LogP) is 2.83. The third-order valence-corrected chi connectivity index (χ3v) is 3.53. The number of hydrogen-bond donors (Lipinski definition) is 1. The normalized spacial score (nSPS) is 12.0. The summed E-state index contributed by atoms with van der Waals surface area (Å²) in [6.07, 6.45) is 3.06. The number of para-hydroxylation sites is 1. The van der Waals surface area contributed by atoms with E-state index >= 15 is 0 Å². The van der Waals surface area contributed by atoms with Gasteiger partial charge in [-0.25, -0.2) is 0 Å². The minimum Gasteiger partial charge on any atom is -0.468 e. The quantitative estimate of drug-likeness (QED) is 0.673. The predicted molar refractivity (Wildman–Crippen MR) is 87.7 cm³/mol. The highest BCUT2D eigenvalue weighted by molar-refractivity contribution is 5.75. The zero-order chi connectivity index (χ0) is 15.5. The molecular formula is C17H28N2O2. The van der Waals surface area contributed by atoms with Crippen molar-refractivity contribution < 1.29 is 9.53 Å². The molecule has 0 aromatic heterocycles. The molecule has 4 heteroatoms. The maximum atomic E-state index is 11.8. The van der Waals surface area contributed by atoms with Crippen molar-refractivity contribution in [1.82, 2.24) is 5.32 Å². The topological polar surface area (TPSA) is 41.6 Å². The van der Waals surface area contributed by atoms with Crippen LogP contribution < -0.4 is 10.2 Å². The van der Waals surface area contributed by atoms with Crippen LogP contribution in [0.4, 0.5) is 5.69 Å². The summed E-state index contributed by atoms with van der Waals surface area (Å²) in [6.45, 7) is 6.82. The van der Waals surface area contributed by atoms with E-state index in [1.807, 2.05) is 13.0 Å². The molecule has 1 unspecified atom stereocenters. The lowest BCUT2D eigenvalue weighted by Crippen LogP contribution is -2.40. The highest BCUT2D eigenvalue weighted by atomic mass is 16.5. The number of hydrogen-bond acceptors (Lipinski definition) is 4. The number of nitrogens with one attached hydrogen (secondary N) is 1. The Hall–Kier alpha value is -1.55. The van der Waals surface area contributed by atoms with Crippen LogP contribution in [0.3, 0.4) is 0 Å². The fourth-order valence-electron chi connectivity index (χ4n) is 2.33. The lowest BCUT2D eigenvalue weighted by Gasteiger charge is -2.26. The summed E-state index contributed by atoms with van der Waals surface area (Å²) in [4.78, 5) is 14.1. The number of unbranched alkanes of at least 4 members (excludes halogenated alkanes) is 1. The van der Waals surface area contributed by atoms with Crippen molar-refractivity contribution in [2.75, 3.05) is 31.6 Å². The SMILES string of the molecule is CCCCN(CCC(NCC)C(=O)OC)c1ccccc1. The second-order valence-corrected chi connectivity index (χ2v) is 5.10. The van der Waals surface area contributed by atoms with E-state index in [0.29, 0.717) is 0 Å². The molecular weight excluding hydrogens is 264 g/mol. The number of likely N-dealkylation sites (N-methyl/N-ethyl adjacent to an activating group) is 1. The Kier molecular flexibility index (Phi) is 8.51. The summed E-state index contributed by atoms with van der Waals surface area (Å²) in [5, 5.41) is 3.20. The van der Waals surface area contributed by atoms with Gasteiger partial charge in [0.05, 0.1) is 7.11 Å². The Bertz CT molecular complexity index is 395. The van der Waals surface area contributed by atoms with Crippen molar-refractivity contribution in [2.45, 2.75) is 39.2 Å². The van der Waals surface area contributed by atoms with Crippen molar-refractivity contribution in [3.05, 3.63) is 30.3 Å². The summed E-state index contributed by atoms with van der Waals surface area (Å²) >= 11 is 0. The second-order valence-electron chi connectivity index (χ2n) is 5.10. The van der Waals surface area contributed by atoms with Crippen LogP contribution in [0.25, 0.3) is 0 Å². The zero-order valence-corrected chi connectivity index (χ0v) is 13.5. The van der Waals surface area contributed by atoms with Gasteiger partial charge in [0, 0.05) is 18.8 Å².